The Labute approximate surface area is 185 Å². The second-order valence-corrected chi connectivity index (χ2v) is 8.69. The molecule has 0 radical (unpaired) electrons. The van der Waals surface area contributed by atoms with Gasteiger partial charge in [0.05, 0.1) is 0 Å². The summed E-state index contributed by atoms with van der Waals surface area (Å²) < 4.78 is 7.20. The van der Waals surface area contributed by atoms with Crippen molar-refractivity contribution in [2.75, 3.05) is 0 Å². The van der Waals surface area contributed by atoms with Gasteiger partial charge in [0.2, 0.25) is 0 Å². The maximum absolute atomic E-state index is 7.20. The van der Waals surface area contributed by atoms with Crippen molar-refractivity contribution in [1.82, 2.24) is 0 Å². The van der Waals surface area contributed by atoms with Crippen LogP contribution in [0.5, 0.6) is 0 Å². The lowest BCUT2D eigenvalue weighted by atomic mass is 9.46. The van der Waals surface area contributed by atoms with Gasteiger partial charge in [-0.2, -0.15) is 0 Å². The standard InChI is InChI=1S/C28H24B2O/c1-5-13-25-21(9-1)17-18-22-10-2-6-14-26(22)29(25)31-30-27-15-7-3-11-23(27)19-20-24-12-4-8-16-28(24)30/h1-16H,17-20H2. The molecule has 0 fully saturated rings. The Kier molecular flexibility index (Phi) is 4.77. The highest BCUT2D eigenvalue weighted by atomic mass is 16.4. The Balaban J connectivity index is 1.53. The van der Waals surface area contributed by atoms with Crippen LogP contribution in [0.1, 0.15) is 22.3 Å². The van der Waals surface area contributed by atoms with Crippen molar-refractivity contribution in [2.24, 2.45) is 0 Å². The summed E-state index contributed by atoms with van der Waals surface area (Å²) in [6.45, 7) is -0.141. The molecule has 148 valence electrons. The minimum atomic E-state index is -0.0703. The van der Waals surface area contributed by atoms with Crippen LogP contribution in [0.4, 0.5) is 0 Å². The summed E-state index contributed by atoms with van der Waals surface area (Å²) in [7, 11) is 0. The molecular weight excluding hydrogens is 374 g/mol. The van der Waals surface area contributed by atoms with E-state index in [1.807, 2.05) is 0 Å². The fourth-order valence-corrected chi connectivity index (χ4v) is 5.37. The van der Waals surface area contributed by atoms with Crippen LogP contribution in [0.15, 0.2) is 97.1 Å². The maximum Gasteiger partial charge on any atom is 0.347 e. The number of rotatable bonds is 2. The van der Waals surface area contributed by atoms with Crippen molar-refractivity contribution in [3.05, 3.63) is 119 Å². The smallest absolute Gasteiger partial charge is 0.347 e. The lowest BCUT2D eigenvalue weighted by molar-refractivity contribution is 0.633. The lowest BCUT2D eigenvalue weighted by Crippen LogP contribution is -2.57. The number of aryl methyl sites for hydroxylation is 4. The SMILES string of the molecule is c1ccc2c(c1)CCc1ccccc1B2OB1c2ccccc2CCc2ccccc21. The van der Waals surface area contributed by atoms with E-state index in [1.165, 1.54) is 44.1 Å². The largest absolute Gasteiger partial charge is 0.484 e. The molecule has 0 bridgehead atoms. The normalized spacial score (nSPS) is 14.6. The summed E-state index contributed by atoms with van der Waals surface area (Å²) in [6.07, 6.45) is 4.24. The number of fused-ring (bicyclic) bond motifs is 4. The predicted molar refractivity (Wildman–Crippen MR) is 132 cm³/mol. The van der Waals surface area contributed by atoms with Crippen molar-refractivity contribution in [1.29, 1.82) is 0 Å². The summed E-state index contributed by atoms with van der Waals surface area (Å²) >= 11 is 0. The first-order chi connectivity index (χ1) is 15.4. The van der Waals surface area contributed by atoms with Gasteiger partial charge < -0.3 is 4.57 Å². The molecule has 0 spiro atoms. The number of hydrogen-bond donors (Lipinski definition) is 0. The van der Waals surface area contributed by atoms with E-state index in [1.54, 1.807) is 0 Å². The highest BCUT2D eigenvalue weighted by Gasteiger charge is 2.36. The average molecular weight is 398 g/mol. The van der Waals surface area contributed by atoms with Crippen molar-refractivity contribution in [3.8, 4) is 0 Å². The van der Waals surface area contributed by atoms with E-state index in [-0.39, 0.29) is 13.8 Å². The molecule has 1 nitrogen and oxygen atoms in total. The van der Waals surface area contributed by atoms with E-state index in [9.17, 15) is 0 Å². The van der Waals surface area contributed by atoms with Gasteiger partial charge in [-0.1, -0.05) is 119 Å². The van der Waals surface area contributed by atoms with Crippen LogP contribution in [-0.2, 0) is 30.3 Å². The molecule has 0 N–H and O–H groups in total. The Morgan fingerprint density at radius 2 is 0.645 bits per heavy atom. The van der Waals surface area contributed by atoms with E-state index in [2.05, 4.69) is 97.1 Å². The molecule has 6 rings (SSSR count). The number of hydrogen-bond acceptors (Lipinski definition) is 1. The highest BCUT2D eigenvalue weighted by Crippen LogP contribution is 2.16. The van der Waals surface area contributed by atoms with Gasteiger partial charge in [-0.3, -0.25) is 0 Å². The van der Waals surface area contributed by atoms with Crippen LogP contribution in [0.2, 0.25) is 0 Å². The molecular formula is C28H24B2O. The Morgan fingerprint density at radius 1 is 0.387 bits per heavy atom. The molecule has 0 saturated carbocycles. The molecule has 31 heavy (non-hydrogen) atoms. The summed E-state index contributed by atoms with van der Waals surface area (Å²) in [5, 5.41) is 0. The zero-order chi connectivity index (χ0) is 20.6. The molecule has 2 heterocycles. The second kappa shape index (κ2) is 7.90. The Morgan fingerprint density at radius 3 is 0.935 bits per heavy atom. The summed E-state index contributed by atoms with van der Waals surface area (Å²) in [5.74, 6) is 0. The molecule has 2 aliphatic heterocycles. The summed E-state index contributed by atoms with van der Waals surface area (Å²) in [6, 6.07) is 35.3. The minimum absolute atomic E-state index is 0.0703. The van der Waals surface area contributed by atoms with E-state index in [0.717, 1.165) is 25.7 Å². The minimum Gasteiger partial charge on any atom is -0.484 e. The van der Waals surface area contributed by atoms with Crippen molar-refractivity contribution < 1.29 is 4.57 Å². The fourth-order valence-electron chi connectivity index (χ4n) is 5.37. The van der Waals surface area contributed by atoms with E-state index in [0.29, 0.717) is 0 Å². The van der Waals surface area contributed by atoms with Gasteiger partial charge in [-0.05, 0) is 47.5 Å². The van der Waals surface area contributed by atoms with Crippen LogP contribution >= 0.6 is 0 Å². The Bertz CT molecular complexity index is 1060. The van der Waals surface area contributed by atoms with Crippen LogP contribution in [-0.4, -0.2) is 13.8 Å². The van der Waals surface area contributed by atoms with Crippen LogP contribution in [0.3, 0.4) is 0 Å². The lowest BCUT2D eigenvalue weighted by Gasteiger charge is -2.25. The van der Waals surface area contributed by atoms with Crippen molar-refractivity contribution in [2.45, 2.75) is 25.7 Å². The first-order valence-electron chi connectivity index (χ1n) is 11.3. The maximum atomic E-state index is 7.20. The van der Waals surface area contributed by atoms with Gasteiger partial charge in [0.1, 0.15) is 0 Å². The molecule has 0 amide bonds. The molecule has 4 aromatic rings. The van der Waals surface area contributed by atoms with Gasteiger partial charge in [0.25, 0.3) is 0 Å². The molecule has 3 heteroatoms. The summed E-state index contributed by atoms with van der Waals surface area (Å²) in [5.41, 5.74) is 10.9. The molecule has 0 saturated heterocycles. The molecule has 2 aliphatic rings. The quantitative estimate of drug-likeness (QED) is 0.472. The Hall–Kier alpha value is -3.03. The van der Waals surface area contributed by atoms with Crippen molar-refractivity contribution in [3.63, 3.8) is 0 Å². The number of benzene rings is 4. The van der Waals surface area contributed by atoms with Gasteiger partial charge in [-0.15, -0.1) is 0 Å². The van der Waals surface area contributed by atoms with Gasteiger partial charge in [-0.25, -0.2) is 0 Å². The van der Waals surface area contributed by atoms with Crippen LogP contribution in [0, 0.1) is 0 Å². The first kappa shape index (κ1) is 18.7. The molecule has 0 aliphatic carbocycles. The van der Waals surface area contributed by atoms with E-state index in [4.69, 9.17) is 4.57 Å². The third-order valence-electron chi connectivity index (χ3n) is 6.95. The van der Waals surface area contributed by atoms with E-state index < -0.39 is 0 Å². The zero-order valence-electron chi connectivity index (χ0n) is 17.6. The zero-order valence-corrected chi connectivity index (χ0v) is 17.6. The molecule has 0 aromatic heterocycles. The first-order valence-corrected chi connectivity index (χ1v) is 11.3. The monoisotopic (exact) mass is 398 g/mol. The third kappa shape index (κ3) is 3.34. The van der Waals surface area contributed by atoms with Crippen LogP contribution < -0.4 is 21.9 Å². The fraction of sp³-hybridized carbons (Fsp3) is 0.143. The van der Waals surface area contributed by atoms with Gasteiger partial charge in [0.15, 0.2) is 0 Å². The third-order valence-corrected chi connectivity index (χ3v) is 6.95. The van der Waals surface area contributed by atoms with E-state index >= 15 is 0 Å². The topological polar surface area (TPSA) is 9.23 Å². The summed E-state index contributed by atoms with van der Waals surface area (Å²) in [4.78, 5) is 0. The average Bonchev–Trinajstić information content (AvgIpc) is 3.09. The van der Waals surface area contributed by atoms with Crippen molar-refractivity contribution >= 4 is 35.7 Å². The second-order valence-electron chi connectivity index (χ2n) is 8.69. The van der Waals surface area contributed by atoms with Crippen LogP contribution in [0.25, 0.3) is 0 Å². The van der Waals surface area contributed by atoms with Gasteiger partial charge >= 0.3 is 13.8 Å². The predicted octanol–water partition coefficient (Wildman–Crippen LogP) is 2.81. The molecule has 0 atom stereocenters. The molecule has 4 aromatic carbocycles. The van der Waals surface area contributed by atoms with Gasteiger partial charge in [0, 0.05) is 0 Å². The highest BCUT2D eigenvalue weighted by molar-refractivity contribution is 6.92. The molecule has 0 unspecified atom stereocenters.